The number of nitrogens with one attached hydrogen (secondary N) is 1. The van der Waals surface area contributed by atoms with Gasteiger partial charge in [-0.1, -0.05) is 5.16 Å². The van der Waals surface area contributed by atoms with Crippen LogP contribution in [0.1, 0.15) is 15.9 Å². The number of nitrogens with two attached hydrogens (primary N) is 1. The number of amidine groups is 1. The van der Waals surface area contributed by atoms with E-state index in [2.05, 4.69) is 10.5 Å². The summed E-state index contributed by atoms with van der Waals surface area (Å²) in [4.78, 5) is 11.6. The van der Waals surface area contributed by atoms with Crippen molar-refractivity contribution in [2.24, 2.45) is 10.9 Å². The largest absolute Gasteiger partial charge is 0.409 e. The maximum atomic E-state index is 12.8. The number of rotatable bonds is 3. The molecule has 86 valence electrons. The standard InChI is InChI=1S/C10H12FN3O2/c1-6-4-7(11)2-3-8(6)10(15)13-5-9(12)14-16/h2-4,16H,5H2,1H3,(H2,12,14)(H,13,15). The maximum Gasteiger partial charge on any atom is 0.251 e. The molecule has 16 heavy (non-hydrogen) atoms. The first kappa shape index (κ1) is 12.0. The van der Waals surface area contributed by atoms with Gasteiger partial charge >= 0.3 is 0 Å². The smallest absolute Gasteiger partial charge is 0.251 e. The van der Waals surface area contributed by atoms with Crippen molar-refractivity contribution < 1.29 is 14.4 Å². The minimum Gasteiger partial charge on any atom is -0.409 e. The van der Waals surface area contributed by atoms with E-state index in [-0.39, 0.29) is 12.4 Å². The molecule has 1 aromatic rings. The molecule has 0 unspecified atom stereocenters. The second-order valence-electron chi connectivity index (χ2n) is 3.23. The number of hydrogen-bond donors (Lipinski definition) is 3. The summed E-state index contributed by atoms with van der Waals surface area (Å²) in [5.74, 6) is -0.900. The average Bonchev–Trinajstić information content (AvgIpc) is 2.25. The summed E-state index contributed by atoms with van der Waals surface area (Å²) in [6.45, 7) is 1.56. The number of amides is 1. The van der Waals surface area contributed by atoms with Crippen molar-refractivity contribution in [2.45, 2.75) is 6.92 Å². The van der Waals surface area contributed by atoms with E-state index in [0.29, 0.717) is 11.1 Å². The van der Waals surface area contributed by atoms with Crippen LogP contribution in [0.5, 0.6) is 0 Å². The van der Waals surface area contributed by atoms with Gasteiger partial charge in [0.15, 0.2) is 5.84 Å². The minimum atomic E-state index is -0.399. The minimum absolute atomic E-state index is 0.0633. The molecule has 0 aliphatic heterocycles. The number of benzene rings is 1. The quantitative estimate of drug-likeness (QED) is 0.305. The fourth-order valence-electron chi connectivity index (χ4n) is 1.18. The predicted molar refractivity (Wildman–Crippen MR) is 56.9 cm³/mol. The monoisotopic (exact) mass is 225 g/mol. The molecule has 0 aliphatic carbocycles. The van der Waals surface area contributed by atoms with Crippen molar-refractivity contribution in [1.29, 1.82) is 0 Å². The Morgan fingerprint density at radius 2 is 2.31 bits per heavy atom. The highest BCUT2D eigenvalue weighted by Crippen LogP contribution is 2.09. The number of aryl methyl sites for hydroxylation is 1. The van der Waals surface area contributed by atoms with Crippen molar-refractivity contribution in [1.82, 2.24) is 5.32 Å². The van der Waals surface area contributed by atoms with Crippen LogP contribution in [0, 0.1) is 12.7 Å². The van der Waals surface area contributed by atoms with Crippen LogP contribution in [0.2, 0.25) is 0 Å². The number of oxime groups is 1. The van der Waals surface area contributed by atoms with Crippen LogP contribution >= 0.6 is 0 Å². The van der Waals surface area contributed by atoms with Gasteiger partial charge in [-0.3, -0.25) is 4.79 Å². The van der Waals surface area contributed by atoms with Gasteiger partial charge in [0.2, 0.25) is 0 Å². The number of hydrogen-bond acceptors (Lipinski definition) is 3. The Labute approximate surface area is 91.8 Å². The van der Waals surface area contributed by atoms with Crippen molar-refractivity contribution in [3.63, 3.8) is 0 Å². The third-order valence-corrected chi connectivity index (χ3v) is 1.99. The zero-order valence-electron chi connectivity index (χ0n) is 8.70. The van der Waals surface area contributed by atoms with E-state index in [9.17, 15) is 9.18 Å². The molecule has 0 fully saturated rings. The molecule has 6 heteroatoms. The topological polar surface area (TPSA) is 87.7 Å². The Morgan fingerprint density at radius 1 is 1.62 bits per heavy atom. The first-order chi connectivity index (χ1) is 7.54. The van der Waals surface area contributed by atoms with E-state index < -0.39 is 11.7 Å². The highest BCUT2D eigenvalue weighted by molar-refractivity contribution is 5.98. The van der Waals surface area contributed by atoms with Gasteiger partial charge in [0.1, 0.15) is 5.82 Å². The SMILES string of the molecule is Cc1cc(F)ccc1C(=O)NC/C(N)=N/O. The second-order valence-corrected chi connectivity index (χ2v) is 3.23. The molecule has 0 aliphatic rings. The van der Waals surface area contributed by atoms with Crippen molar-refractivity contribution in [3.05, 3.63) is 35.1 Å². The zero-order chi connectivity index (χ0) is 12.1. The van der Waals surface area contributed by atoms with Crippen LogP contribution < -0.4 is 11.1 Å². The summed E-state index contributed by atoms with van der Waals surface area (Å²) >= 11 is 0. The van der Waals surface area contributed by atoms with Crippen molar-refractivity contribution >= 4 is 11.7 Å². The molecule has 0 spiro atoms. The lowest BCUT2D eigenvalue weighted by molar-refractivity contribution is 0.0958. The van der Waals surface area contributed by atoms with Gasteiger partial charge < -0.3 is 16.3 Å². The summed E-state index contributed by atoms with van der Waals surface area (Å²) in [6.07, 6.45) is 0. The van der Waals surface area contributed by atoms with E-state index in [1.54, 1.807) is 6.92 Å². The molecule has 0 saturated heterocycles. The predicted octanol–water partition coefficient (Wildman–Crippen LogP) is 0.610. The Bertz CT molecular complexity index is 432. The molecule has 1 rings (SSSR count). The average molecular weight is 225 g/mol. The lowest BCUT2D eigenvalue weighted by Crippen LogP contribution is -2.33. The summed E-state index contributed by atoms with van der Waals surface area (Å²) in [5.41, 5.74) is 6.07. The Balaban J connectivity index is 2.74. The molecule has 1 amide bonds. The molecule has 0 atom stereocenters. The number of carbonyl (C=O) groups excluding carboxylic acids is 1. The third-order valence-electron chi connectivity index (χ3n) is 1.99. The van der Waals surface area contributed by atoms with Crippen molar-refractivity contribution in [2.75, 3.05) is 6.54 Å². The Kier molecular flexibility index (Phi) is 3.82. The highest BCUT2D eigenvalue weighted by atomic mass is 19.1. The molecule has 5 nitrogen and oxygen atoms in total. The molecular weight excluding hydrogens is 213 g/mol. The van der Waals surface area contributed by atoms with E-state index in [0.717, 1.165) is 0 Å². The van der Waals surface area contributed by atoms with Gasteiger partial charge in [-0.25, -0.2) is 4.39 Å². The van der Waals surface area contributed by atoms with Crippen LogP contribution in [0.25, 0.3) is 0 Å². The summed E-state index contributed by atoms with van der Waals surface area (Å²) in [6, 6.07) is 3.84. The highest BCUT2D eigenvalue weighted by Gasteiger charge is 2.09. The molecule has 4 N–H and O–H groups in total. The molecule has 0 saturated carbocycles. The van der Waals surface area contributed by atoms with Crippen LogP contribution in [0.3, 0.4) is 0 Å². The maximum absolute atomic E-state index is 12.8. The third kappa shape index (κ3) is 2.94. The van der Waals surface area contributed by atoms with Gasteiger partial charge in [-0.15, -0.1) is 0 Å². The molecule has 0 bridgehead atoms. The summed E-state index contributed by atoms with van der Waals surface area (Å²) in [5, 5.41) is 13.4. The molecule has 1 aromatic carbocycles. The van der Waals surface area contributed by atoms with E-state index >= 15 is 0 Å². The Hall–Kier alpha value is -2.11. The molecule has 0 heterocycles. The number of carbonyl (C=O) groups is 1. The van der Waals surface area contributed by atoms with Gasteiger partial charge in [0, 0.05) is 5.56 Å². The van der Waals surface area contributed by atoms with Crippen molar-refractivity contribution in [3.8, 4) is 0 Å². The number of halogens is 1. The van der Waals surface area contributed by atoms with E-state index in [1.807, 2.05) is 0 Å². The van der Waals surface area contributed by atoms with Gasteiger partial charge in [0.25, 0.3) is 5.91 Å². The lowest BCUT2D eigenvalue weighted by Gasteiger charge is -2.06. The van der Waals surface area contributed by atoms with Crippen LogP contribution in [0.4, 0.5) is 4.39 Å². The van der Waals surface area contributed by atoms with E-state index in [4.69, 9.17) is 10.9 Å². The van der Waals surface area contributed by atoms with Gasteiger partial charge in [-0.05, 0) is 30.7 Å². The molecule has 0 radical (unpaired) electrons. The second kappa shape index (κ2) is 5.11. The lowest BCUT2D eigenvalue weighted by atomic mass is 10.1. The van der Waals surface area contributed by atoms with Crippen LogP contribution in [-0.4, -0.2) is 23.5 Å². The fraction of sp³-hybridized carbons (Fsp3) is 0.200. The normalized spacial score (nSPS) is 11.2. The van der Waals surface area contributed by atoms with Crippen LogP contribution in [0.15, 0.2) is 23.4 Å². The Morgan fingerprint density at radius 3 is 2.88 bits per heavy atom. The van der Waals surface area contributed by atoms with Crippen LogP contribution in [-0.2, 0) is 0 Å². The number of nitrogens with zero attached hydrogens (tertiary/aromatic N) is 1. The first-order valence-electron chi connectivity index (χ1n) is 4.55. The van der Waals surface area contributed by atoms with Gasteiger partial charge in [-0.2, -0.15) is 0 Å². The summed E-state index contributed by atoms with van der Waals surface area (Å²) < 4.78 is 12.8. The van der Waals surface area contributed by atoms with E-state index in [1.165, 1.54) is 18.2 Å². The zero-order valence-corrected chi connectivity index (χ0v) is 8.70. The molecular formula is C10H12FN3O2. The first-order valence-corrected chi connectivity index (χ1v) is 4.55. The van der Waals surface area contributed by atoms with Gasteiger partial charge in [0.05, 0.1) is 6.54 Å². The molecule has 0 aromatic heterocycles. The fourth-order valence-corrected chi connectivity index (χ4v) is 1.18. The summed E-state index contributed by atoms with van der Waals surface area (Å²) in [7, 11) is 0.